The fourth-order valence-corrected chi connectivity index (χ4v) is 2.90. The number of aromatic amines is 1. The number of hydrogen-bond acceptors (Lipinski definition) is 5. The molecular formula is C19H26N7O4. The van der Waals surface area contributed by atoms with Gasteiger partial charge in [-0.2, -0.15) is 0 Å². The van der Waals surface area contributed by atoms with E-state index in [1.54, 1.807) is 6.20 Å². The van der Waals surface area contributed by atoms with Gasteiger partial charge in [0.15, 0.2) is 12.0 Å². The molecule has 11 heteroatoms. The van der Waals surface area contributed by atoms with Crippen LogP contribution in [0.5, 0.6) is 0 Å². The maximum absolute atomic E-state index is 12.7. The van der Waals surface area contributed by atoms with Crippen LogP contribution in [0, 0.1) is 6.04 Å². The average molecular weight is 416 g/mol. The molecule has 1 unspecified atom stereocenters. The highest BCUT2D eigenvalue weighted by molar-refractivity contribution is 5.95. The SMILES string of the molecule is NCC(=O)NC(CCCN=C(N)N)C(=O)N[C](Cc1c[nH]c2ccccc12)C(=O)O. The van der Waals surface area contributed by atoms with Crippen molar-refractivity contribution in [3.8, 4) is 0 Å². The fraction of sp³-hybridized carbons (Fsp3) is 0.316. The van der Waals surface area contributed by atoms with Crippen molar-refractivity contribution < 1.29 is 19.5 Å². The zero-order valence-electron chi connectivity index (χ0n) is 16.4. The predicted molar refractivity (Wildman–Crippen MR) is 112 cm³/mol. The van der Waals surface area contributed by atoms with Gasteiger partial charge < -0.3 is 37.9 Å². The third-order valence-electron chi connectivity index (χ3n) is 4.36. The van der Waals surface area contributed by atoms with Gasteiger partial charge in [0, 0.05) is 30.1 Å². The molecule has 0 aliphatic carbocycles. The highest BCUT2D eigenvalue weighted by Crippen LogP contribution is 2.21. The molecule has 161 valence electrons. The minimum atomic E-state index is -1.27. The molecule has 2 rings (SSSR count). The number of amides is 2. The number of carboxylic acid groups (broad SMARTS) is 1. The molecule has 0 fully saturated rings. The number of rotatable bonds is 11. The van der Waals surface area contributed by atoms with Gasteiger partial charge in [-0.1, -0.05) is 18.2 Å². The zero-order chi connectivity index (χ0) is 22.1. The lowest BCUT2D eigenvalue weighted by molar-refractivity contribution is -0.138. The fourth-order valence-electron chi connectivity index (χ4n) is 2.90. The Morgan fingerprint density at radius 1 is 1.20 bits per heavy atom. The quantitative estimate of drug-likeness (QED) is 0.137. The molecule has 1 aromatic heterocycles. The number of carbonyl (C=O) groups is 3. The van der Waals surface area contributed by atoms with Crippen LogP contribution in [0.4, 0.5) is 0 Å². The van der Waals surface area contributed by atoms with Crippen molar-refractivity contribution in [3.63, 3.8) is 0 Å². The molecule has 1 heterocycles. The number of nitrogens with two attached hydrogens (primary N) is 3. The number of benzene rings is 1. The van der Waals surface area contributed by atoms with Crippen LogP contribution < -0.4 is 27.8 Å². The third-order valence-corrected chi connectivity index (χ3v) is 4.36. The normalized spacial score (nSPS) is 11.8. The van der Waals surface area contributed by atoms with Crippen LogP contribution in [0.15, 0.2) is 35.5 Å². The molecule has 2 aromatic rings. The number of para-hydroxylation sites is 1. The van der Waals surface area contributed by atoms with E-state index in [1.807, 2.05) is 24.3 Å². The highest BCUT2D eigenvalue weighted by Gasteiger charge is 2.28. The van der Waals surface area contributed by atoms with Crippen molar-refractivity contribution in [2.45, 2.75) is 25.3 Å². The number of hydrogen-bond donors (Lipinski definition) is 7. The lowest BCUT2D eigenvalue weighted by Crippen LogP contribution is -2.50. The number of H-pyrrole nitrogens is 1. The first-order chi connectivity index (χ1) is 14.3. The van der Waals surface area contributed by atoms with Crippen molar-refractivity contribution in [1.29, 1.82) is 0 Å². The second-order valence-corrected chi connectivity index (χ2v) is 6.58. The number of nitrogens with one attached hydrogen (secondary N) is 3. The van der Waals surface area contributed by atoms with E-state index in [9.17, 15) is 19.5 Å². The summed E-state index contributed by atoms with van der Waals surface area (Å²) in [5.74, 6) is -2.54. The van der Waals surface area contributed by atoms with Gasteiger partial charge >= 0.3 is 5.97 Å². The standard InChI is InChI=1S/C19H26N7O4/c20-9-16(27)25-14(6-3-7-23-19(21)22)17(28)26-15(18(29)30)8-11-10-24-13-5-2-1-4-12(11)13/h1-2,4-5,10,14,24H,3,6-9,20H2,(H,25,27)(H,26,28)(H,29,30)(H4,21,22,23). The maximum Gasteiger partial charge on any atom is 0.332 e. The Morgan fingerprint density at radius 3 is 2.60 bits per heavy atom. The van der Waals surface area contributed by atoms with Crippen LogP contribution in [0.1, 0.15) is 18.4 Å². The van der Waals surface area contributed by atoms with E-state index < -0.39 is 23.8 Å². The first-order valence-corrected chi connectivity index (χ1v) is 9.31. The van der Waals surface area contributed by atoms with Crippen LogP contribution in [0.3, 0.4) is 0 Å². The smallest absolute Gasteiger partial charge is 0.332 e. The number of guanidine groups is 1. The summed E-state index contributed by atoms with van der Waals surface area (Å²) < 4.78 is 0. The monoisotopic (exact) mass is 416 g/mol. The summed E-state index contributed by atoms with van der Waals surface area (Å²) in [5.41, 5.74) is 17.4. The Kier molecular flexibility index (Phi) is 8.18. The molecule has 0 aliphatic heterocycles. The molecule has 0 bridgehead atoms. The van der Waals surface area contributed by atoms with Crippen LogP contribution in [0.2, 0.25) is 0 Å². The van der Waals surface area contributed by atoms with Crippen molar-refractivity contribution in [2.24, 2.45) is 22.2 Å². The topological polar surface area (TPSA) is 202 Å². The van der Waals surface area contributed by atoms with Crippen molar-refractivity contribution in [3.05, 3.63) is 42.1 Å². The summed E-state index contributed by atoms with van der Waals surface area (Å²) in [4.78, 5) is 43.0. The van der Waals surface area contributed by atoms with Gasteiger partial charge in [-0.3, -0.25) is 14.6 Å². The van der Waals surface area contributed by atoms with Gasteiger partial charge in [0.05, 0.1) is 6.54 Å². The molecule has 11 nitrogen and oxygen atoms in total. The summed E-state index contributed by atoms with van der Waals surface area (Å²) in [6, 6.07) is 6.24. The summed E-state index contributed by atoms with van der Waals surface area (Å²) in [6.45, 7) is -0.0437. The first-order valence-electron chi connectivity index (χ1n) is 9.31. The van der Waals surface area contributed by atoms with Gasteiger partial charge in [0.2, 0.25) is 11.8 Å². The summed E-state index contributed by atoms with van der Waals surface area (Å²) in [7, 11) is 0. The number of fused-ring (bicyclic) bond motifs is 1. The van der Waals surface area contributed by atoms with Crippen molar-refractivity contribution >= 4 is 34.6 Å². The molecule has 0 saturated heterocycles. The number of carbonyl (C=O) groups excluding carboxylic acids is 2. The van der Waals surface area contributed by atoms with Gasteiger partial charge in [-0.25, -0.2) is 4.79 Å². The van der Waals surface area contributed by atoms with Crippen LogP contribution >= 0.6 is 0 Å². The molecule has 1 radical (unpaired) electrons. The second kappa shape index (κ2) is 10.8. The van der Waals surface area contributed by atoms with E-state index in [2.05, 4.69) is 20.6 Å². The summed E-state index contributed by atoms with van der Waals surface area (Å²) >= 11 is 0. The lowest BCUT2D eigenvalue weighted by atomic mass is 10.0. The first kappa shape index (κ1) is 22.7. The second-order valence-electron chi connectivity index (χ2n) is 6.58. The molecule has 10 N–H and O–H groups in total. The van der Waals surface area contributed by atoms with Crippen LogP contribution in [-0.4, -0.2) is 53.0 Å². The summed E-state index contributed by atoms with van der Waals surface area (Å²) in [5, 5.41) is 15.3. The Labute approximate surface area is 173 Å². The lowest BCUT2D eigenvalue weighted by Gasteiger charge is -2.20. The van der Waals surface area contributed by atoms with Crippen molar-refractivity contribution in [2.75, 3.05) is 13.1 Å². The molecule has 0 saturated carbocycles. The molecule has 1 atom stereocenters. The Hall–Kier alpha value is -3.60. The van der Waals surface area contributed by atoms with Crippen LogP contribution in [-0.2, 0) is 20.8 Å². The minimum Gasteiger partial charge on any atom is -0.479 e. The predicted octanol–water partition coefficient (Wildman–Crippen LogP) is -1.06. The number of aliphatic carboxylic acids is 1. The summed E-state index contributed by atoms with van der Waals surface area (Å²) in [6.07, 6.45) is 2.29. The zero-order valence-corrected chi connectivity index (χ0v) is 16.4. The number of nitrogens with zero attached hydrogens (tertiary/aromatic N) is 1. The molecule has 30 heavy (non-hydrogen) atoms. The van der Waals surface area contributed by atoms with Gasteiger partial charge in [-0.15, -0.1) is 0 Å². The number of carboxylic acids is 1. The van der Waals surface area contributed by atoms with Gasteiger partial charge in [-0.05, 0) is 24.5 Å². The van der Waals surface area contributed by atoms with E-state index in [4.69, 9.17) is 17.2 Å². The van der Waals surface area contributed by atoms with Crippen molar-refractivity contribution in [1.82, 2.24) is 15.6 Å². The van der Waals surface area contributed by atoms with E-state index in [0.29, 0.717) is 6.42 Å². The minimum absolute atomic E-state index is 0.00333. The van der Waals surface area contributed by atoms with E-state index in [0.717, 1.165) is 16.5 Å². The molecule has 2 amide bonds. The molecule has 1 aromatic carbocycles. The van der Waals surface area contributed by atoms with Gasteiger partial charge in [0.1, 0.15) is 6.04 Å². The maximum atomic E-state index is 12.7. The molecule has 0 aliphatic rings. The van der Waals surface area contributed by atoms with Gasteiger partial charge in [0.25, 0.3) is 0 Å². The largest absolute Gasteiger partial charge is 0.479 e. The van der Waals surface area contributed by atoms with E-state index in [1.165, 1.54) is 0 Å². The van der Waals surface area contributed by atoms with Crippen LogP contribution in [0.25, 0.3) is 10.9 Å². The Bertz CT molecular complexity index is 920. The number of aliphatic imine (C=N–C) groups is 1. The average Bonchev–Trinajstić information content (AvgIpc) is 3.12. The van der Waals surface area contributed by atoms with E-state index in [-0.39, 0.29) is 37.9 Å². The Morgan fingerprint density at radius 2 is 1.93 bits per heavy atom. The molecule has 0 spiro atoms. The number of aromatic nitrogens is 1. The third kappa shape index (κ3) is 6.48. The molecular weight excluding hydrogens is 390 g/mol. The highest BCUT2D eigenvalue weighted by atomic mass is 16.4. The van der Waals surface area contributed by atoms with E-state index >= 15 is 0 Å². The Balaban J connectivity index is 2.09.